The minimum absolute atomic E-state index is 0.159. The van der Waals surface area contributed by atoms with Crippen molar-refractivity contribution < 1.29 is 4.79 Å². The molecule has 3 nitrogen and oxygen atoms in total. The monoisotopic (exact) mass is 198 g/mol. The predicted octanol–water partition coefficient (Wildman–Crippen LogP) is 1.27. The van der Waals surface area contributed by atoms with Gasteiger partial charge < -0.3 is 11.1 Å². The largest absolute Gasteiger partial charge is 0.353 e. The molecule has 14 heavy (non-hydrogen) atoms. The average molecular weight is 198 g/mol. The fourth-order valence-corrected chi connectivity index (χ4v) is 1.76. The molecule has 1 saturated carbocycles. The molecule has 1 amide bonds. The van der Waals surface area contributed by atoms with Gasteiger partial charge >= 0.3 is 0 Å². The lowest BCUT2D eigenvalue weighted by Gasteiger charge is -2.19. The number of rotatable bonds is 3. The van der Waals surface area contributed by atoms with E-state index in [-0.39, 0.29) is 23.9 Å². The Kier molecular flexibility index (Phi) is 3.93. The van der Waals surface area contributed by atoms with E-state index in [0.29, 0.717) is 5.92 Å². The minimum Gasteiger partial charge on any atom is -0.353 e. The first-order chi connectivity index (χ1) is 6.50. The third-order valence-electron chi connectivity index (χ3n) is 3.21. The molecule has 0 saturated heterocycles. The van der Waals surface area contributed by atoms with E-state index in [9.17, 15) is 4.79 Å². The minimum atomic E-state index is 0.159. The highest BCUT2D eigenvalue weighted by Gasteiger charge is 2.28. The number of hydrogen-bond acceptors (Lipinski definition) is 2. The maximum absolute atomic E-state index is 11.7. The van der Waals surface area contributed by atoms with Crippen LogP contribution in [-0.4, -0.2) is 18.0 Å². The van der Waals surface area contributed by atoms with Crippen molar-refractivity contribution in [2.75, 3.05) is 0 Å². The molecule has 82 valence electrons. The van der Waals surface area contributed by atoms with Crippen LogP contribution >= 0.6 is 0 Å². The zero-order chi connectivity index (χ0) is 10.7. The summed E-state index contributed by atoms with van der Waals surface area (Å²) < 4.78 is 0. The Hall–Kier alpha value is -0.570. The number of nitrogens with one attached hydrogen (secondary N) is 1. The lowest BCUT2D eigenvalue weighted by molar-refractivity contribution is -0.125. The summed E-state index contributed by atoms with van der Waals surface area (Å²) in [7, 11) is 0. The Bertz CT molecular complexity index is 203. The molecule has 1 rings (SSSR count). The molecule has 3 unspecified atom stereocenters. The summed E-state index contributed by atoms with van der Waals surface area (Å²) in [5.41, 5.74) is 5.77. The second-order valence-electron chi connectivity index (χ2n) is 4.81. The number of carbonyl (C=O) groups is 1. The molecule has 0 aromatic heterocycles. The molecule has 0 aromatic rings. The molecule has 0 heterocycles. The number of carbonyl (C=O) groups excluding carboxylic acids is 1. The van der Waals surface area contributed by atoms with Gasteiger partial charge in [0, 0.05) is 18.0 Å². The van der Waals surface area contributed by atoms with Crippen molar-refractivity contribution in [1.29, 1.82) is 0 Å². The third kappa shape index (κ3) is 2.98. The molecule has 0 aromatic carbocycles. The van der Waals surface area contributed by atoms with Crippen molar-refractivity contribution in [3.8, 4) is 0 Å². The van der Waals surface area contributed by atoms with Gasteiger partial charge in [0.05, 0.1) is 0 Å². The predicted molar refractivity (Wildman–Crippen MR) is 57.8 cm³/mol. The molecule has 1 aliphatic rings. The Morgan fingerprint density at radius 2 is 2.00 bits per heavy atom. The van der Waals surface area contributed by atoms with Gasteiger partial charge in [-0.25, -0.2) is 0 Å². The molecule has 3 N–H and O–H groups in total. The summed E-state index contributed by atoms with van der Waals surface area (Å²) in [6.45, 7) is 6.29. The van der Waals surface area contributed by atoms with E-state index in [1.165, 1.54) is 0 Å². The Balaban J connectivity index is 2.35. The molecular weight excluding hydrogens is 176 g/mol. The van der Waals surface area contributed by atoms with E-state index in [1.807, 2.05) is 0 Å². The van der Waals surface area contributed by atoms with Gasteiger partial charge in [-0.1, -0.05) is 13.8 Å². The fraction of sp³-hybridized carbons (Fsp3) is 0.909. The van der Waals surface area contributed by atoms with Crippen LogP contribution in [0.25, 0.3) is 0 Å². The van der Waals surface area contributed by atoms with Crippen LogP contribution in [0, 0.1) is 11.8 Å². The first kappa shape index (κ1) is 11.5. The second kappa shape index (κ2) is 4.78. The van der Waals surface area contributed by atoms with Gasteiger partial charge in [-0.05, 0) is 32.1 Å². The van der Waals surface area contributed by atoms with E-state index < -0.39 is 0 Å². The van der Waals surface area contributed by atoms with Crippen LogP contribution in [0.15, 0.2) is 0 Å². The highest BCUT2D eigenvalue weighted by atomic mass is 16.1. The quantitative estimate of drug-likeness (QED) is 0.717. The second-order valence-corrected chi connectivity index (χ2v) is 4.81. The Morgan fingerprint density at radius 1 is 1.36 bits per heavy atom. The molecular formula is C11H22N2O. The Labute approximate surface area is 86.4 Å². The summed E-state index contributed by atoms with van der Waals surface area (Å²) in [6, 6.07) is 0.499. The highest BCUT2D eigenvalue weighted by Crippen LogP contribution is 2.24. The van der Waals surface area contributed by atoms with Gasteiger partial charge in [-0.15, -0.1) is 0 Å². The first-order valence-corrected chi connectivity index (χ1v) is 5.56. The first-order valence-electron chi connectivity index (χ1n) is 5.56. The zero-order valence-electron chi connectivity index (χ0n) is 9.42. The summed E-state index contributed by atoms with van der Waals surface area (Å²) in [6.07, 6.45) is 2.81. The number of nitrogens with two attached hydrogens (primary N) is 1. The van der Waals surface area contributed by atoms with Gasteiger partial charge in [-0.3, -0.25) is 4.79 Å². The molecule has 3 heteroatoms. The van der Waals surface area contributed by atoms with Gasteiger partial charge in [0.25, 0.3) is 0 Å². The van der Waals surface area contributed by atoms with E-state index in [4.69, 9.17) is 5.73 Å². The maximum Gasteiger partial charge on any atom is 0.223 e. The molecule has 3 atom stereocenters. The average Bonchev–Trinajstić information content (AvgIpc) is 2.51. The summed E-state index contributed by atoms with van der Waals surface area (Å²) in [4.78, 5) is 11.7. The van der Waals surface area contributed by atoms with Crippen molar-refractivity contribution in [3.05, 3.63) is 0 Å². The maximum atomic E-state index is 11.7. The van der Waals surface area contributed by atoms with Gasteiger partial charge in [-0.2, -0.15) is 0 Å². The molecule has 0 radical (unpaired) electrons. The smallest absolute Gasteiger partial charge is 0.223 e. The van der Waals surface area contributed by atoms with Crippen molar-refractivity contribution in [2.45, 2.75) is 52.1 Å². The SMILES string of the molecule is CC(C)C(C)NC(=O)C1CCC(N)C1. The summed E-state index contributed by atoms with van der Waals surface area (Å²) in [5.74, 6) is 0.847. The lowest BCUT2D eigenvalue weighted by atomic mass is 10.0. The van der Waals surface area contributed by atoms with E-state index in [2.05, 4.69) is 26.1 Å². The van der Waals surface area contributed by atoms with Crippen LogP contribution in [0.5, 0.6) is 0 Å². The van der Waals surface area contributed by atoms with Crippen molar-refractivity contribution >= 4 is 5.91 Å². The standard InChI is InChI=1S/C11H22N2O/c1-7(2)8(3)13-11(14)9-4-5-10(12)6-9/h7-10H,4-6,12H2,1-3H3,(H,13,14). The van der Waals surface area contributed by atoms with Gasteiger partial charge in [0.1, 0.15) is 0 Å². The van der Waals surface area contributed by atoms with Crippen molar-refractivity contribution in [1.82, 2.24) is 5.32 Å². The topological polar surface area (TPSA) is 55.1 Å². The van der Waals surface area contributed by atoms with E-state index >= 15 is 0 Å². The molecule has 0 aliphatic heterocycles. The normalized spacial score (nSPS) is 29.2. The lowest BCUT2D eigenvalue weighted by Crippen LogP contribution is -2.39. The molecule has 1 aliphatic carbocycles. The Morgan fingerprint density at radius 3 is 2.43 bits per heavy atom. The van der Waals surface area contributed by atoms with Crippen LogP contribution in [-0.2, 0) is 4.79 Å². The zero-order valence-corrected chi connectivity index (χ0v) is 9.42. The molecule has 0 spiro atoms. The fourth-order valence-electron chi connectivity index (χ4n) is 1.76. The van der Waals surface area contributed by atoms with Crippen LogP contribution in [0.2, 0.25) is 0 Å². The molecule has 1 fully saturated rings. The van der Waals surface area contributed by atoms with Crippen molar-refractivity contribution in [3.63, 3.8) is 0 Å². The summed E-state index contributed by atoms with van der Waals surface area (Å²) in [5, 5.41) is 3.05. The van der Waals surface area contributed by atoms with Crippen molar-refractivity contribution in [2.24, 2.45) is 17.6 Å². The van der Waals surface area contributed by atoms with E-state index in [0.717, 1.165) is 19.3 Å². The van der Waals surface area contributed by atoms with Gasteiger partial charge in [0.15, 0.2) is 0 Å². The van der Waals surface area contributed by atoms with E-state index in [1.54, 1.807) is 0 Å². The summed E-state index contributed by atoms with van der Waals surface area (Å²) >= 11 is 0. The van der Waals surface area contributed by atoms with Crippen LogP contribution in [0.3, 0.4) is 0 Å². The third-order valence-corrected chi connectivity index (χ3v) is 3.21. The van der Waals surface area contributed by atoms with Gasteiger partial charge in [0.2, 0.25) is 5.91 Å². The molecule has 0 bridgehead atoms. The van der Waals surface area contributed by atoms with Crippen LogP contribution < -0.4 is 11.1 Å². The number of amides is 1. The van der Waals surface area contributed by atoms with Crippen LogP contribution in [0.1, 0.15) is 40.0 Å². The number of hydrogen-bond donors (Lipinski definition) is 2. The highest BCUT2D eigenvalue weighted by molar-refractivity contribution is 5.79. The van der Waals surface area contributed by atoms with Crippen LogP contribution in [0.4, 0.5) is 0 Å².